The van der Waals surface area contributed by atoms with Gasteiger partial charge in [-0.15, -0.1) is 0 Å². The second kappa shape index (κ2) is 4.18. The second-order valence-corrected chi connectivity index (χ2v) is 3.52. The maximum atomic E-state index is 5.82. The third kappa shape index (κ3) is 2.10. The molecule has 3 N–H and O–H groups in total. The summed E-state index contributed by atoms with van der Waals surface area (Å²) in [5.41, 5.74) is 6.78. The highest BCUT2D eigenvalue weighted by Gasteiger charge is 2.04. The average Bonchev–Trinajstić information content (AvgIpc) is 2.57. The van der Waals surface area contributed by atoms with Crippen LogP contribution in [0.25, 0.3) is 0 Å². The quantitative estimate of drug-likeness (QED) is 0.793. The highest BCUT2D eigenvalue weighted by molar-refractivity contribution is 5.42. The lowest BCUT2D eigenvalue weighted by molar-refractivity contribution is 0.778. The van der Waals surface area contributed by atoms with E-state index in [4.69, 9.17) is 5.73 Å². The van der Waals surface area contributed by atoms with Crippen LogP contribution in [-0.4, -0.2) is 19.7 Å². The van der Waals surface area contributed by atoms with Crippen LogP contribution in [0.5, 0.6) is 0 Å². The molecule has 2 aromatic heterocycles. The van der Waals surface area contributed by atoms with Crippen LogP contribution in [-0.2, 0) is 13.6 Å². The molecule has 0 aliphatic heterocycles. The van der Waals surface area contributed by atoms with Crippen molar-refractivity contribution in [1.82, 2.24) is 19.7 Å². The monoisotopic (exact) mass is 218 g/mol. The molecule has 0 aromatic carbocycles. The molecule has 0 atom stereocenters. The molecule has 2 aromatic rings. The molecule has 2 rings (SSSR count). The van der Waals surface area contributed by atoms with Gasteiger partial charge in [-0.2, -0.15) is 5.10 Å². The Morgan fingerprint density at radius 2 is 2.31 bits per heavy atom. The molecule has 0 saturated carbocycles. The molecule has 2 heterocycles. The number of nitrogens with one attached hydrogen (secondary N) is 1. The van der Waals surface area contributed by atoms with Crippen LogP contribution in [0.1, 0.15) is 11.4 Å². The Morgan fingerprint density at radius 3 is 2.94 bits per heavy atom. The summed E-state index contributed by atoms with van der Waals surface area (Å²) in [7, 11) is 1.81. The fourth-order valence-corrected chi connectivity index (χ4v) is 1.37. The van der Waals surface area contributed by atoms with E-state index in [1.165, 1.54) is 0 Å². The minimum absolute atomic E-state index is 0.607. The molecule has 16 heavy (non-hydrogen) atoms. The van der Waals surface area contributed by atoms with Crippen LogP contribution in [0.3, 0.4) is 0 Å². The van der Waals surface area contributed by atoms with Crippen molar-refractivity contribution in [3.8, 4) is 0 Å². The molecule has 0 amide bonds. The summed E-state index contributed by atoms with van der Waals surface area (Å²) < 4.78 is 1.64. The number of anilines is 2. The second-order valence-electron chi connectivity index (χ2n) is 3.52. The summed E-state index contributed by atoms with van der Waals surface area (Å²) in [6.45, 7) is 2.46. The molecular weight excluding hydrogens is 204 g/mol. The molecular formula is C10H14N6. The lowest BCUT2D eigenvalue weighted by Gasteiger charge is -2.05. The maximum absolute atomic E-state index is 5.82. The van der Waals surface area contributed by atoms with Gasteiger partial charge in [0.1, 0.15) is 17.5 Å². The molecule has 0 aliphatic carbocycles. The largest absolute Gasteiger partial charge is 0.384 e. The molecule has 0 radical (unpaired) electrons. The fraction of sp³-hybridized carbons (Fsp3) is 0.300. The van der Waals surface area contributed by atoms with Gasteiger partial charge in [0.05, 0.1) is 6.20 Å². The fourth-order valence-electron chi connectivity index (χ4n) is 1.37. The van der Waals surface area contributed by atoms with Crippen molar-refractivity contribution in [3.05, 3.63) is 29.8 Å². The van der Waals surface area contributed by atoms with Gasteiger partial charge in [0.15, 0.2) is 0 Å². The van der Waals surface area contributed by atoms with E-state index < -0.39 is 0 Å². The number of nitrogen functional groups attached to an aromatic ring is 1. The minimum atomic E-state index is 0.607. The van der Waals surface area contributed by atoms with Gasteiger partial charge < -0.3 is 11.1 Å². The summed E-state index contributed by atoms with van der Waals surface area (Å²) in [5.74, 6) is 2.19. The lowest BCUT2D eigenvalue weighted by atomic mass is 10.3. The van der Waals surface area contributed by atoms with E-state index in [1.54, 1.807) is 17.1 Å². The van der Waals surface area contributed by atoms with E-state index in [0.717, 1.165) is 17.2 Å². The van der Waals surface area contributed by atoms with Crippen LogP contribution in [0.2, 0.25) is 0 Å². The number of hydrogen-bond acceptors (Lipinski definition) is 5. The van der Waals surface area contributed by atoms with Gasteiger partial charge in [0, 0.05) is 25.4 Å². The predicted molar refractivity (Wildman–Crippen MR) is 61.7 cm³/mol. The Morgan fingerprint density at radius 1 is 1.50 bits per heavy atom. The van der Waals surface area contributed by atoms with Crippen LogP contribution in [0.4, 0.5) is 11.6 Å². The first kappa shape index (κ1) is 10.4. The van der Waals surface area contributed by atoms with Gasteiger partial charge in [-0.25, -0.2) is 9.97 Å². The molecule has 0 fully saturated rings. The van der Waals surface area contributed by atoms with Crippen LogP contribution >= 0.6 is 0 Å². The minimum Gasteiger partial charge on any atom is -0.384 e. The maximum Gasteiger partial charge on any atom is 0.129 e. The summed E-state index contributed by atoms with van der Waals surface area (Å²) in [4.78, 5) is 8.26. The third-order valence-electron chi connectivity index (χ3n) is 2.30. The zero-order chi connectivity index (χ0) is 11.5. The first-order valence-corrected chi connectivity index (χ1v) is 4.96. The molecule has 0 unspecified atom stereocenters. The number of nitrogens with zero attached hydrogens (tertiary/aromatic N) is 4. The molecule has 84 valence electrons. The van der Waals surface area contributed by atoms with Crippen LogP contribution < -0.4 is 11.1 Å². The van der Waals surface area contributed by atoms with Crippen molar-refractivity contribution in [1.29, 1.82) is 0 Å². The molecule has 6 nitrogen and oxygen atoms in total. The Kier molecular flexibility index (Phi) is 2.72. The highest BCUT2D eigenvalue weighted by atomic mass is 15.3. The summed E-state index contributed by atoms with van der Waals surface area (Å²) in [6.07, 6.45) is 3.47. The third-order valence-corrected chi connectivity index (χ3v) is 2.30. The van der Waals surface area contributed by atoms with E-state index in [-0.39, 0.29) is 0 Å². The van der Waals surface area contributed by atoms with Crippen molar-refractivity contribution in [2.24, 2.45) is 7.05 Å². The SMILES string of the molecule is Cc1nccc(NCc2cnn(C)c2N)n1. The topological polar surface area (TPSA) is 81.7 Å². The number of aromatic nitrogens is 4. The first-order chi connectivity index (χ1) is 7.66. The van der Waals surface area contributed by atoms with Gasteiger partial charge >= 0.3 is 0 Å². The van der Waals surface area contributed by atoms with Crippen molar-refractivity contribution >= 4 is 11.6 Å². The average molecular weight is 218 g/mol. The lowest BCUT2D eigenvalue weighted by Crippen LogP contribution is -2.05. The van der Waals surface area contributed by atoms with E-state index in [1.807, 2.05) is 20.0 Å². The van der Waals surface area contributed by atoms with Crippen molar-refractivity contribution < 1.29 is 0 Å². The van der Waals surface area contributed by atoms with Gasteiger partial charge in [-0.3, -0.25) is 4.68 Å². The Labute approximate surface area is 93.5 Å². The van der Waals surface area contributed by atoms with E-state index in [0.29, 0.717) is 12.4 Å². The van der Waals surface area contributed by atoms with Crippen molar-refractivity contribution in [3.63, 3.8) is 0 Å². The molecule has 0 aliphatic rings. The van der Waals surface area contributed by atoms with Crippen LogP contribution in [0.15, 0.2) is 18.5 Å². The number of hydrogen-bond donors (Lipinski definition) is 2. The molecule has 0 spiro atoms. The Hall–Kier alpha value is -2.11. The van der Waals surface area contributed by atoms with Crippen molar-refractivity contribution in [2.75, 3.05) is 11.1 Å². The standard InChI is InChI=1S/C10H14N6/c1-7-12-4-3-9(15-7)13-5-8-6-14-16(2)10(8)11/h3-4,6H,5,11H2,1-2H3,(H,12,13,15). The first-order valence-electron chi connectivity index (χ1n) is 4.96. The van der Waals surface area contributed by atoms with E-state index in [2.05, 4.69) is 20.4 Å². The number of aryl methyl sites for hydroxylation is 2. The zero-order valence-electron chi connectivity index (χ0n) is 9.31. The normalized spacial score (nSPS) is 10.4. The molecule has 0 bridgehead atoms. The summed E-state index contributed by atoms with van der Waals surface area (Å²) in [6, 6.07) is 1.82. The Bertz CT molecular complexity index is 490. The van der Waals surface area contributed by atoms with Gasteiger partial charge in [0.25, 0.3) is 0 Å². The highest BCUT2D eigenvalue weighted by Crippen LogP contribution is 2.11. The van der Waals surface area contributed by atoms with Gasteiger partial charge in [-0.05, 0) is 13.0 Å². The summed E-state index contributed by atoms with van der Waals surface area (Å²) >= 11 is 0. The van der Waals surface area contributed by atoms with Gasteiger partial charge in [-0.1, -0.05) is 0 Å². The molecule has 0 saturated heterocycles. The van der Waals surface area contributed by atoms with E-state index >= 15 is 0 Å². The summed E-state index contributed by atoms with van der Waals surface area (Å²) in [5, 5.41) is 7.24. The predicted octanol–water partition coefficient (Wildman–Crippen LogP) is 0.713. The Balaban J connectivity index is 2.05. The van der Waals surface area contributed by atoms with E-state index in [9.17, 15) is 0 Å². The van der Waals surface area contributed by atoms with Crippen LogP contribution in [0, 0.1) is 6.92 Å². The van der Waals surface area contributed by atoms with Crippen molar-refractivity contribution in [2.45, 2.75) is 13.5 Å². The molecule has 6 heteroatoms. The number of nitrogens with two attached hydrogens (primary N) is 1. The zero-order valence-corrected chi connectivity index (χ0v) is 9.31. The number of rotatable bonds is 3. The van der Waals surface area contributed by atoms with Gasteiger partial charge in [0.2, 0.25) is 0 Å². The smallest absolute Gasteiger partial charge is 0.129 e.